The molecule has 6 rings (SSSR count). The molecule has 10 nitrogen and oxygen atoms in total. The number of benzene rings is 3. The summed E-state index contributed by atoms with van der Waals surface area (Å²) >= 11 is 6.83. The van der Waals surface area contributed by atoms with Gasteiger partial charge in [0.2, 0.25) is 0 Å². The van der Waals surface area contributed by atoms with Crippen LogP contribution in [-0.4, -0.2) is 75.9 Å². The number of aliphatic carboxylic acids is 1. The Morgan fingerprint density at radius 2 is 1.83 bits per heavy atom. The Bertz CT molecular complexity index is 1960. The number of carbonyl (C=O) groups is 1. The van der Waals surface area contributed by atoms with Crippen molar-refractivity contribution in [1.29, 1.82) is 5.26 Å². The summed E-state index contributed by atoms with van der Waals surface area (Å²) < 4.78 is 18.7. The summed E-state index contributed by atoms with van der Waals surface area (Å²) in [6.07, 6.45) is 10.2. The van der Waals surface area contributed by atoms with E-state index in [1.807, 2.05) is 41.3 Å². The van der Waals surface area contributed by atoms with Crippen LogP contribution in [0.1, 0.15) is 53.5 Å². The molecule has 3 aromatic carbocycles. The maximum Gasteiger partial charge on any atom is 0.320 e. The number of aliphatic hydroxyl groups excluding tert-OH is 1. The summed E-state index contributed by atoms with van der Waals surface area (Å²) in [5, 5.41) is 29.3. The minimum absolute atomic E-state index is 0.156. The van der Waals surface area contributed by atoms with Crippen molar-refractivity contribution in [2.24, 2.45) is 0 Å². The normalized spacial score (nSPS) is 17.8. The maximum absolute atomic E-state index is 12.1. The molecule has 0 saturated carbocycles. The lowest BCUT2D eigenvalue weighted by Crippen LogP contribution is -2.44. The van der Waals surface area contributed by atoms with Gasteiger partial charge in [0, 0.05) is 55.8 Å². The summed E-state index contributed by atoms with van der Waals surface area (Å²) in [7, 11) is 0. The van der Waals surface area contributed by atoms with Crippen molar-refractivity contribution >= 4 is 17.6 Å². The number of likely N-dealkylation sites (tertiary alicyclic amines) is 2. The fraction of sp³-hybridized carbons (Fsp3) is 0.357. The van der Waals surface area contributed by atoms with Gasteiger partial charge in [-0.2, -0.15) is 5.26 Å². The zero-order valence-electron chi connectivity index (χ0n) is 29.9. The van der Waals surface area contributed by atoms with E-state index in [1.165, 1.54) is 6.20 Å². The molecule has 0 bridgehead atoms. The summed E-state index contributed by atoms with van der Waals surface area (Å²) in [5.74, 6) is 0.904. The lowest BCUT2D eigenvalue weighted by molar-refractivity contribution is -0.144. The van der Waals surface area contributed by atoms with E-state index in [1.54, 1.807) is 24.4 Å². The molecular formula is C42H45ClN4O6. The number of aliphatic hydroxyl groups is 1. The minimum atomic E-state index is -0.835. The smallest absolute Gasteiger partial charge is 0.320 e. The average molecular weight is 737 g/mol. The van der Waals surface area contributed by atoms with Crippen LogP contribution in [-0.2, 0) is 24.6 Å². The summed E-state index contributed by atoms with van der Waals surface area (Å²) in [4.78, 5) is 20.4. The molecule has 2 fully saturated rings. The van der Waals surface area contributed by atoms with Gasteiger partial charge in [0.15, 0.2) is 0 Å². The fourth-order valence-corrected chi connectivity index (χ4v) is 7.13. The first-order chi connectivity index (χ1) is 25.8. The van der Waals surface area contributed by atoms with Crippen molar-refractivity contribution < 1.29 is 29.2 Å². The van der Waals surface area contributed by atoms with Crippen LogP contribution >= 0.6 is 11.6 Å². The number of aromatic nitrogens is 1. The molecule has 2 atom stereocenters. The zero-order chi connectivity index (χ0) is 37.2. The molecule has 11 heteroatoms. The summed E-state index contributed by atoms with van der Waals surface area (Å²) in [6.45, 7) is 6.40. The molecule has 0 amide bonds. The Balaban J connectivity index is 1.16. The van der Waals surface area contributed by atoms with Crippen LogP contribution in [0.5, 0.6) is 17.2 Å². The molecule has 4 aromatic rings. The molecule has 2 N–H and O–H groups in total. The highest BCUT2D eigenvalue weighted by Gasteiger charge is 2.29. The van der Waals surface area contributed by atoms with Crippen LogP contribution in [0.3, 0.4) is 0 Å². The second-order valence-corrected chi connectivity index (χ2v) is 14.0. The van der Waals surface area contributed by atoms with Gasteiger partial charge in [-0.15, -0.1) is 0 Å². The predicted octanol–water partition coefficient (Wildman–Crippen LogP) is 7.18. The molecule has 3 heterocycles. The first-order valence-electron chi connectivity index (χ1n) is 18.0. The molecule has 0 radical (unpaired) electrons. The molecule has 2 saturated heterocycles. The van der Waals surface area contributed by atoms with Gasteiger partial charge in [-0.3, -0.25) is 19.6 Å². The number of hydrogen-bond acceptors (Lipinski definition) is 9. The van der Waals surface area contributed by atoms with Gasteiger partial charge < -0.3 is 24.4 Å². The third kappa shape index (κ3) is 10.2. The Labute approximate surface area is 315 Å². The van der Waals surface area contributed by atoms with Gasteiger partial charge in [0.25, 0.3) is 0 Å². The first kappa shape index (κ1) is 37.8. The third-order valence-corrected chi connectivity index (χ3v) is 10.1. The first-order valence-corrected chi connectivity index (χ1v) is 18.4. The van der Waals surface area contributed by atoms with Crippen molar-refractivity contribution in [2.45, 2.75) is 64.5 Å². The molecule has 0 aliphatic carbocycles. The number of nitriles is 1. The van der Waals surface area contributed by atoms with Crippen molar-refractivity contribution in [3.05, 3.63) is 118 Å². The number of rotatable bonds is 15. The van der Waals surface area contributed by atoms with E-state index in [9.17, 15) is 20.3 Å². The number of pyridine rings is 1. The average Bonchev–Trinajstić information content (AvgIpc) is 3.59. The van der Waals surface area contributed by atoms with Crippen molar-refractivity contribution in [3.8, 4) is 34.4 Å². The second kappa shape index (κ2) is 18.2. The molecule has 0 spiro atoms. The van der Waals surface area contributed by atoms with E-state index < -0.39 is 12.0 Å². The topological polar surface area (TPSA) is 128 Å². The number of carboxylic acid groups (broad SMARTS) is 1. The Hall–Kier alpha value is -4.92. The number of carboxylic acids is 1. The van der Waals surface area contributed by atoms with E-state index in [0.29, 0.717) is 48.2 Å². The largest absolute Gasteiger partial charge is 0.490 e. The van der Waals surface area contributed by atoms with E-state index >= 15 is 0 Å². The fourth-order valence-electron chi connectivity index (χ4n) is 6.89. The van der Waals surface area contributed by atoms with Crippen LogP contribution in [0, 0.1) is 18.3 Å². The molecule has 0 unspecified atom stereocenters. The van der Waals surface area contributed by atoms with E-state index in [0.717, 1.165) is 78.0 Å². The van der Waals surface area contributed by atoms with Crippen LogP contribution < -0.4 is 14.2 Å². The molecule has 2 aliphatic rings. The number of hydrogen-bond donors (Lipinski definition) is 2. The molecular weight excluding hydrogens is 692 g/mol. The van der Waals surface area contributed by atoms with Crippen LogP contribution in [0.2, 0.25) is 5.02 Å². The summed E-state index contributed by atoms with van der Waals surface area (Å²) in [6, 6.07) is 21.0. The Morgan fingerprint density at radius 3 is 2.64 bits per heavy atom. The number of β-amino-alcohol motifs (C(OH)–C–C–N with tert-alkyl or cyclic N) is 1. The molecule has 1 aromatic heterocycles. The van der Waals surface area contributed by atoms with Crippen LogP contribution in [0.25, 0.3) is 11.1 Å². The quantitative estimate of drug-likeness (QED) is 0.121. The number of ether oxygens (including phenoxy) is 3. The maximum atomic E-state index is 12.1. The van der Waals surface area contributed by atoms with Crippen LogP contribution in [0.4, 0.5) is 0 Å². The molecule has 53 heavy (non-hydrogen) atoms. The second-order valence-electron chi connectivity index (χ2n) is 13.6. The highest BCUT2D eigenvalue weighted by atomic mass is 35.5. The molecule has 276 valence electrons. The van der Waals surface area contributed by atoms with Gasteiger partial charge in [0.05, 0.1) is 16.7 Å². The highest BCUT2D eigenvalue weighted by molar-refractivity contribution is 6.32. The zero-order valence-corrected chi connectivity index (χ0v) is 30.7. The summed E-state index contributed by atoms with van der Waals surface area (Å²) in [5.41, 5.74) is 6.06. The Morgan fingerprint density at radius 1 is 0.981 bits per heavy atom. The van der Waals surface area contributed by atoms with Crippen molar-refractivity contribution in [1.82, 2.24) is 14.8 Å². The van der Waals surface area contributed by atoms with Gasteiger partial charge in [-0.25, -0.2) is 0 Å². The van der Waals surface area contributed by atoms with Gasteiger partial charge in [-0.1, -0.05) is 60.5 Å². The van der Waals surface area contributed by atoms with Crippen molar-refractivity contribution in [3.63, 3.8) is 0 Å². The van der Waals surface area contributed by atoms with Gasteiger partial charge in [-0.05, 0) is 79.3 Å². The SMILES string of the molecule is Cc1c(COc2cc(OCc3cncc(C#N)c3)c(CN3CCCC[C@H]3C(=O)O)cc2Cl)cccc1-c1cccc(OC/C=C/CN2CC[C@@H](O)C2)c1. The van der Waals surface area contributed by atoms with Gasteiger partial charge in [0.1, 0.15) is 49.2 Å². The van der Waals surface area contributed by atoms with E-state index in [2.05, 4.69) is 41.1 Å². The van der Waals surface area contributed by atoms with E-state index in [4.69, 9.17) is 25.8 Å². The monoisotopic (exact) mass is 736 g/mol. The Kier molecular flexibility index (Phi) is 13.0. The number of halogens is 1. The number of nitrogens with zero attached hydrogens (tertiary/aromatic N) is 4. The lowest BCUT2D eigenvalue weighted by atomic mass is 9.96. The minimum Gasteiger partial charge on any atom is -0.490 e. The standard InChI is InChI=1S/C42H45ClN4O6/c1-29-33(9-7-11-37(29)32-8-6-10-36(19-32)51-17-5-4-14-46-16-13-35(48)26-46)28-53-41-21-40(52-27-31-18-30(22-44)23-45-24-31)34(20-38(41)43)25-47-15-3-2-12-39(47)42(49)50/h4-11,18-21,23-24,35,39,48H,2-3,12-17,25-28H2,1H3,(H,49,50)/b5-4+/t35-,39+/m1/s1. The predicted molar refractivity (Wildman–Crippen MR) is 203 cm³/mol. The lowest BCUT2D eigenvalue weighted by Gasteiger charge is -2.33. The number of piperidine rings is 1. The van der Waals surface area contributed by atoms with Crippen molar-refractivity contribution in [2.75, 3.05) is 32.8 Å². The third-order valence-electron chi connectivity index (χ3n) is 9.80. The van der Waals surface area contributed by atoms with Crippen LogP contribution in [0.15, 0.2) is 85.2 Å². The molecule has 2 aliphatic heterocycles. The highest BCUT2D eigenvalue weighted by Crippen LogP contribution is 2.36. The van der Waals surface area contributed by atoms with E-state index in [-0.39, 0.29) is 19.3 Å². The van der Waals surface area contributed by atoms with Gasteiger partial charge >= 0.3 is 5.97 Å².